The zero-order chi connectivity index (χ0) is 14.2. The van der Waals surface area contributed by atoms with Gasteiger partial charge in [-0.3, -0.25) is 14.7 Å². The monoisotopic (exact) mass is 283 g/mol. The average Bonchev–Trinajstić information content (AvgIpc) is 2.20. The van der Waals surface area contributed by atoms with Crippen LogP contribution in [0.25, 0.3) is 0 Å². The second-order valence-corrected chi connectivity index (χ2v) is 5.93. The van der Waals surface area contributed by atoms with Crippen molar-refractivity contribution in [3.8, 4) is 0 Å². The van der Waals surface area contributed by atoms with Crippen molar-refractivity contribution < 1.29 is 22.1 Å². The Morgan fingerprint density at radius 2 is 1.67 bits per heavy atom. The Morgan fingerprint density at radius 3 is 2.17 bits per heavy atom. The van der Waals surface area contributed by atoms with Crippen LogP contribution in [0.4, 0.5) is 0 Å². The number of nitrogens with zero attached hydrogens (tertiary/aromatic N) is 1. The van der Waals surface area contributed by atoms with Crippen LogP contribution in [-0.4, -0.2) is 30.0 Å². The molecular weight excluding hydrogens is 262 g/mol. The fourth-order valence-electron chi connectivity index (χ4n) is 1.45. The van der Waals surface area contributed by atoms with Crippen molar-refractivity contribution in [3.63, 3.8) is 0 Å². The van der Waals surface area contributed by atoms with Gasteiger partial charge >= 0.3 is 10.4 Å². The van der Waals surface area contributed by atoms with E-state index in [2.05, 4.69) is 4.18 Å². The Kier molecular flexibility index (Phi) is 7.34. The summed E-state index contributed by atoms with van der Waals surface area (Å²) in [6, 6.07) is 0. The molecule has 0 unspecified atom stereocenters. The molecule has 0 heterocycles. The van der Waals surface area contributed by atoms with Gasteiger partial charge in [-0.25, -0.2) is 4.18 Å². The van der Waals surface area contributed by atoms with Crippen molar-refractivity contribution in [2.24, 2.45) is 0 Å². The molecule has 0 radical (unpaired) electrons. The van der Waals surface area contributed by atoms with Gasteiger partial charge in [0.15, 0.2) is 0 Å². The van der Waals surface area contributed by atoms with E-state index in [0.29, 0.717) is 12.8 Å². The van der Waals surface area contributed by atoms with Crippen LogP contribution in [0.5, 0.6) is 0 Å². The summed E-state index contributed by atoms with van der Waals surface area (Å²) < 4.78 is 32.9. The van der Waals surface area contributed by atoms with Crippen molar-refractivity contribution in [1.29, 1.82) is 0 Å². The van der Waals surface area contributed by atoms with Crippen molar-refractivity contribution in [3.05, 3.63) is 10.1 Å². The van der Waals surface area contributed by atoms with Crippen molar-refractivity contribution in [1.82, 2.24) is 0 Å². The Hall–Kier alpha value is -0.730. The summed E-state index contributed by atoms with van der Waals surface area (Å²) in [5, 5.41) is 10.6. The maximum absolute atomic E-state index is 10.6. The molecule has 0 saturated heterocycles. The van der Waals surface area contributed by atoms with Crippen molar-refractivity contribution in [2.75, 3.05) is 6.61 Å². The molecule has 0 amide bonds. The van der Waals surface area contributed by atoms with Crippen LogP contribution in [0, 0.1) is 10.1 Å². The van der Waals surface area contributed by atoms with Gasteiger partial charge in [0, 0.05) is 25.2 Å². The van der Waals surface area contributed by atoms with Crippen LogP contribution >= 0.6 is 0 Å². The molecule has 0 saturated carbocycles. The fraction of sp³-hybridized carbons (Fsp3) is 1.00. The van der Waals surface area contributed by atoms with Gasteiger partial charge in [-0.2, -0.15) is 8.42 Å². The van der Waals surface area contributed by atoms with Gasteiger partial charge < -0.3 is 0 Å². The van der Waals surface area contributed by atoms with E-state index in [9.17, 15) is 18.5 Å². The van der Waals surface area contributed by atoms with Crippen LogP contribution in [-0.2, 0) is 14.6 Å². The minimum absolute atomic E-state index is 0.0285. The third kappa shape index (κ3) is 9.32. The third-order valence-electron chi connectivity index (χ3n) is 2.66. The normalized spacial score (nSPS) is 12.6. The average molecular weight is 283 g/mol. The lowest BCUT2D eigenvalue weighted by Crippen LogP contribution is -2.30. The molecule has 1 N–H and O–H groups in total. The maximum atomic E-state index is 10.6. The summed E-state index contributed by atoms with van der Waals surface area (Å²) in [5.74, 6) is 0. The first-order chi connectivity index (χ1) is 8.15. The van der Waals surface area contributed by atoms with Gasteiger partial charge in [0.25, 0.3) is 0 Å². The zero-order valence-electron chi connectivity index (χ0n) is 10.8. The highest BCUT2D eigenvalue weighted by Gasteiger charge is 2.29. The molecular formula is C10H21NO6S. The first kappa shape index (κ1) is 17.3. The quantitative estimate of drug-likeness (QED) is 0.285. The van der Waals surface area contributed by atoms with Crippen LogP contribution < -0.4 is 0 Å². The summed E-state index contributed by atoms with van der Waals surface area (Å²) in [5.41, 5.74) is -0.881. The Balaban J connectivity index is 3.45. The second-order valence-electron chi connectivity index (χ2n) is 4.84. The van der Waals surface area contributed by atoms with Gasteiger partial charge in [0.1, 0.15) is 0 Å². The minimum Gasteiger partial charge on any atom is -0.264 e. The van der Waals surface area contributed by atoms with E-state index < -0.39 is 15.9 Å². The number of hydrogen-bond acceptors (Lipinski definition) is 5. The minimum atomic E-state index is -4.33. The molecule has 8 heteroatoms. The molecule has 0 rings (SSSR count). The fourth-order valence-corrected chi connectivity index (χ4v) is 1.77. The molecule has 7 nitrogen and oxygen atoms in total. The summed E-state index contributed by atoms with van der Waals surface area (Å²) in [6.45, 7) is 3.18. The predicted octanol–water partition coefficient (Wildman–Crippen LogP) is 2.20. The molecule has 0 aliphatic heterocycles. The Bertz CT molecular complexity index is 351. The van der Waals surface area contributed by atoms with Crippen molar-refractivity contribution in [2.45, 2.75) is 57.9 Å². The Labute approximate surface area is 108 Å². The van der Waals surface area contributed by atoms with Crippen LogP contribution in [0.3, 0.4) is 0 Å². The van der Waals surface area contributed by atoms with E-state index in [1.54, 1.807) is 13.8 Å². The standard InChI is InChI=1S/C10H21NO6S/c1-10(2,11(12)13)8-6-4-3-5-7-9-17-18(14,15)16/h3-9H2,1-2H3,(H,14,15,16). The van der Waals surface area contributed by atoms with E-state index >= 15 is 0 Å². The lowest BCUT2D eigenvalue weighted by molar-refractivity contribution is -0.561. The zero-order valence-corrected chi connectivity index (χ0v) is 11.6. The van der Waals surface area contributed by atoms with Crippen LogP contribution in [0.1, 0.15) is 52.4 Å². The van der Waals surface area contributed by atoms with E-state index in [-0.39, 0.29) is 11.5 Å². The molecule has 0 spiro atoms. The van der Waals surface area contributed by atoms with Crippen molar-refractivity contribution >= 4 is 10.4 Å². The molecule has 0 aromatic rings. The first-order valence-corrected chi connectivity index (χ1v) is 7.28. The second kappa shape index (κ2) is 7.65. The molecule has 0 fully saturated rings. The van der Waals surface area contributed by atoms with Gasteiger partial charge in [-0.15, -0.1) is 0 Å². The van der Waals surface area contributed by atoms with Gasteiger partial charge in [-0.1, -0.05) is 19.3 Å². The van der Waals surface area contributed by atoms with Crippen LogP contribution in [0.2, 0.25) is 0 Å². The third-order valence-corrected chi connectivity index (χ3v) is 3.12. The molecule has 0 aliphatic rings. The summed E-state index contributed by atoms with van der Waals surface area (Å²) in [7, 11) is -4.33. The largest absolute Gasteiger partial charge is 0.397 e. The first-order valence-electron chi connectivity index (χ1n) is 5.91. The van der Waals surface area contributed by atoms with Gasteiger partial charge in [-0.05, 0) is 12.8 Å². The molecule has 0 atom stereocenters. The molecule has 0 bridgehead atoms. The highest BCUT2D eigenvalue weighted by atomic mass is 32.3. The number of nitro groups is 1. The SMILES string of the molecule is CC(C)(CCCCCCCOS(=O)(=O)O)[N+](=O)[O-]. The number of unbranched alkanes of at least 4 members (excludes halogenated alkanes) is 4. The maximum Gasteiger partial charge on any atom is 0.397 e. The highest BCUT2D eigenvalue weighted by molar-refractivity contribution is 7.80. The summed E-state index contributed by atoms with van der Waals surface area (Å²) in [4.78, 5) is 10.4. The van der Waals surface area contributed by atoms with E-state index in [1.165, 1.54) is 0 Å². The Morgan fingerprint density at radius 1 is 1.17 bits per heavy atom. The molecule has 0 aromatic heterocycles. The van der Waals surface area contributed by atoms with E-state index in [0.717, 1.165) is 25.7 Å². The molecule has 0 aromatic carbocycles. The lowest BCUT2D eigenvalue weighted by Gasteiger charge is -2.14. The number of rotatable bonds is 10. The predicted molar refractivity (Wildman–Crippen MR) is 66.3 cm³/mol. The van der Waals surface area contributed by atoms with Crippen LogP contribution in [0.15, 0.2) is 0 Å². The highest BCUT2D eigenvalue weighted by Crippen LogP contribution is 2.18. The summed E-state index contributed by atoms with van der Waals surface area (Å²) in [6.07, 6.45) is 4.34. The molecule has 0 aliphatic carbocycles. The molecule has 108 valence electrons. The van der Waals surface area contributed by atoms with Gasteiger partial charge in [0.2, 0.25) is 5.54 Å². The van der Waals surface area contributed by atoms with E-state index in [1.807, 2.05) is 0 Å². The van der Waals surface area contributed by atoms with Gasteiger partial charge in [0.05, 0.1) is 6.61 Å². The smallest absolute Gasteiger partial charge is 0.264 e. The van der Waals surface area contributed by atoms with E-state index in [4.69, 9.17) is 4.55 Å². The lowest BCUT2D eigenvalue weighted by atomic mass is 9.97. The topological polar surface area (TPSA) is 107 Å². The number of hydrogen-bond donors (Lipinski definition) is 1. The molecule has 18 heavy (non-hydrogen) atoms. The summed E-state index contributed by atoms with van der Waals surface area (Å²) >= 11 is 0.